The van der Waals surface area contributed by atoms with Crippen molar-refractivity contribution in [2.24, 2.45) is 0 Å². The Balaban J connectivity index is 2.76. The molecule has 0 aromatic carbocycles. The lowest BCUT2D eigenvalue weighted by molar-refractivity contribution is -0.144. The summed E-state index contributed by atoms with van der Waals surface area (Å²) in [5.41, 5.74) is -0.918. The molecule has 7 heteroatoms. The molecule has 0 spiro atoms. The molecule has 0 aromatic rings. The molecule has 1 atom stereocenters. The fourth-order valence-electron chi connectivity index (χ4n) is 2.33. The van der Waals surface area contributed by atoms with E-state index in [4.69, 9.17) is 5.11 Å². The topological polar surface area (TPSA) is 89.9 Å². The van der Waals surface area contributed by atoms with Crippen molar-refractivity contribution in [2.75, 3.05) is 20.1 Å². The Morgan fingerprint density at radius 1 is 1.40 bits per heavy atom. The molecule has 0 bridgehead atoms. The minimum absolute atomic E-state index is 0.120. The molecule has 3 amide bonds. The van der Waals surface area contributed by atoms with E-state index in [-0.39, 0.29) is 18.4 Å². The number of carbonyl (C=O) groups is 3. The third kappa shape index (κ3) is 3.40. The fraction of sp³-hybridized carbons (Fsp3) is 0.769. The summed E-state index contributed by atoms with van der Waals surface area (Å²) in [6, 6.07) is -0.810. The molecule has 20 heavy (non-hydrogen) atoms. The first-order valence-corrected chi connectivity index (χ1v) is 6.75. The van der Waals surface area contributed by atoms with Gasteiger partial charge in [-0.1, -0.05) is 6.92 Å². The maximum absolute atomic E-state index is 12.3. The largest absolute Gasteiger partial charge is 0.481 e. The highest BCUT2D eigenvalue weighted by molar-refractivity contribution is 5.91. The van der Waals surface area contributed by atoms with E-state index in [2.05, 4.69) is 5.32 Å². The van der Waals surface area contributed by atoms with E-state index in [0.29, 0.717) is 19.5 Å². The number of hydrogen-bond acceptors (Lipinski definition) is 3. The lowest BCUT2D eigenvalue weighted by Gasteiger charge is -2.44. The Kier molecular flexibility index (Phi) is 4.97. The van der Waals surface area contributed by atoms with Gasteiger partial charge in [0.05, 0.1) is 6.42 Å². The normalized spacial score (nSPS) is 19.7. The zero-order valence-corrected chi connectivity index (χ0v) is 12.5. The molecular weight excluding hydrogens is 262 g/mol. The predicted molar refractivity (Wildman–Crippen MR) is 73.3 cm³/mol. The molecule has 7 nitrogen and oxygen atoms in total. The van der Waals surface area contributed by atoms with Crippen LogP contribution < -0.4 is 5.32 Å². The van der Waals surface area contributed by atoms with Crippen LogP contribution in [0.3, 0.4) is 0 Å². The van der Waals surface area contributed by atoms with Gasteiger partial charge in [0, 0.05) is 26.2 Å². The van der Waals surface area contributed by atoms with E-state index < -0.39 is 17.6 Å². The van der Waals surface area contributed by atoms with Crippen molar-refractivity contribution >= 4 is 17.9 Å². The summed E-state index contributed by atoms with van der Waals surface area (Å²) in [6.45, 7) is 6.12. The maximum atomic E-state index is 12.3. The van der Waals surface area contributed by atoms with Gasteiger partial charge in [-0.05, 0) is 20.3 Å². The second-order valence-corrected chi connectivity index (χ2v) is 5.59. The molecule has 1 fully saturated rings. The second-order valence-electron chi connectivity index (χ2n) is 5.59. The van der Waals surface area contributed by atoms with Crippen molar-refractivity contribution < 1.29 is 19.5 Å². The van der Waals surface area contributed by atoms with Gasteiger partial charge < -0.3 is 20.2 Å². The number of piperazine rings is 1. The van der Waals surface area contributed by atoms with E-state index in [1.807, 2.05) is 6.92 Å². The molecule has 0 radical (unpaired) electrons. The molecule has 1 unspecified atom stereocenters. The predicted octanol–water partition coefficient (Wildman–Crippen LogP) is 0.502. The number of carbonyl (C=O) groups excluding carboxylic acids is 2. The molecule has 1 aliphatic heterocycles. The molecule has 2 N–H and O–H groups in total. The number of nitrogens with zero attached hydrogens (tertiary/aromatic N) is 2. The highest BCUT2D eigenvalue weighted by Gasteiger charge is 2.43. The highest BCUT2D eigenvalue weighted by atomic mass is 16.4. The van der Waals surface area contributed by atoms with Gasteiger partial charge >= 0.3 is 12.0 Å². The van der Waals surface area contributed by atoms with Crippen LogP contribution in [0.25, 0.3) is 0 Å². The zero-order valence-electron chi connectivity index (χ0n) is 12.5. The van der Waals surface area contributed by atoms with Crippen molar-refractivity contribution in [1.82, 2.24) is 15.1 Å². The van der Waals surface area contributed by atoms with E-state index in [9.17, 15) is 14.4 Å². The molecule has 1 aliphatic rings. The first kappa shape index (κ1) is 16.3. The molecule has 1 rings (SSSR count). The summed E-state index contributed by atoms with van der Waals surface area (Å²) >= 11 is 0. The van der Waals surface area contributed by atoms with Crippen LogP contribution in [-0.2, 0) is 9.59 Å². The summed E-state index contributed by atoms with van der Waals surface area (Å²) in [5.74, 6) is -1.07. The quantitative estimate of drug-likeness (QED) is 0.787. The second kappa shape index (κ2) is 6.11. The summed E-state index contributed by atoms with van der Waals surface area (Å²) in [5, 5.41) is 11.5. The van der Waals surface area contributed by atoms with Gasteiger partial charge in [0.15, 0.2) is 0 Å². The Labute approximate surface area is 118 Å². The lowest BCUT2D eigenvalue weighted by Crippen LogP contribution is -2.65. The van der Waals surface area contributed by atoms with E-state index in [1.165, 1.54) is 4.90 Å². The van der Waals surface area contributed by atoms with Crippen molar-refractivity contribution in [1.29, 1.82) is 0 Å². The third-order valence-corrected chi connectivity index (χ3v) is 3.69. The Hall–Kier alpha value is -1.79. The standard InChI is InChI=1S/C13H23N3O4/c1-5-9(8-10(17)18)14-12(20)16-7-6-15(4)11(19)13(16,2)3/h9H,5-8H2,1-4H3,(H,14,20)(H,17,18). The van der Waals surface area contributed by atoms with Gasteiger partial charge in [0.2, 0.25) is 5.91 Å². The minimum Gasteiger partial charge on any atom is -0.481 e. The SMILES string of the molecule is CCC(CC(=O)O)NC(=O)N1CCN(C)C(=O)C1(C)C. The molecular formula is C13H23N3O4. The van der Waals surface area contributed by atoms with Crippen molar-refractivity contribution in [3.05, 3.63) is 0 Å². The fourth-order valence-corrected chi connectivity index (χ4v) is 2.33. The molecule has 1 saturated heterocycles. The Morgan fingerprint density at radius 2 is 2.00 bits per heavy atom. The van der Waals surface area contributed by atoms with Gasteiger partial charge in [0.1, 0.15) is 5.54 Å². The highest BCUT2D eigenvalue weighted by Crippen LogP contribution is 2.21. The van der Waals surface area contributed by atoms with E-state index >= 15 is 0 Å². The molecule has 1 heterocycles. The maximum Gasteiger partial charge on any atom is 0.318 e. The van der Waals surface area contributed by atoms with Gasteiger partial charge in [0.25, 0.3) is 0 Å². The molecule has 114 valence electrons. The summed E-state index contributed by atoms with van der Waals surface area (Å²) in [6.07, 6.45) is 0.407. The van der Waals surface area contributed by atoms with Crippen LogP contribution in [0.15, 0.2) is 0 Å². The Bertz CT molecular complexity index is 408. The molecule has 0 aromatic heterocycles. The summed E-state index contributed by atoms with van der Waals surface area (Å²) in [4.78, 5) is 38.2. The van der Waals surface area contributed by atoms with Crippen molar-refractivity contribution in [3.8, 4) is 0 Å². The van der Waals surface area contributed by atoms with Crippen molar-refractivity contribution in [2.45, 2.75) is 45.2 Å². The van der Waals surface area contributed by atoms with Crippen LogP contribution in [0.2, 0.25) is 0 Å². The third-order valence-electron chi connectivity index (χ3n) is 3.69. The van der Waals surface area contributed by atoms with E-state index in [1.54, 1.807) is 25.8 Å². The number of carboxylic acid groups (broad SMARTS) is 1. The number of amides is 3. The first-order chi connectivity index (χ1) is 9.20. The Morgan fingerprint density at radius 3 is 2.50 bits per heavy atom. The number of urea groups is 1. The van der Waals surface area contributed by atoms with Crippen LogP contribution >= 0.6 is 0 Å². The number of hydrogen-bond donors (Lipinski definition) is 2. The number of aliphatic carboxylic acids is 1. The van der Waals surface area contributed by atoms with E-state index in [0.717, 1.165) is 0 Å². The van der Waals surface area contributed by atoms with Gasteiger partial charge in [-0.2, -0.15) is 0 Å². The van der Waals surface area contributed by atoms with Crippen LogP contribution in [0, 0.1) is 0 Å². The van der Waals surface area contributed by atoms with Crippen molar-refractivity contribution in [3.63, 3.8) is 0 Å². The average Bonchev–Trinajstić information content (AvgIpc) is 2.34. The van der Waals surface area contributed by atoms with Crippen LogP contribution in [0.4, 0.5) is 4.79 Å². The smallest absolute Gasteiger partial charge is 0.318 e. The van der Waals surface area contributed by atoms with Crippen LogP contribution in [-0.4, -0.2) is 64.5 Å². The molecule has 0 aliphatic carbocycles. The summed E-state index contributed by atoms with van der Waals surface area (Å²) < 4.78 is 0. The summed E-state index contributed by atoms with van der Waals surface area (Å²) in [7, 11) is 1.71. The van der Waals surface area contributed by atoms with Crippen LogP contribution in [0.1, 0.15) is 33.6 Å². The lowest BCUT2D eigenvalue weighted by atomic mass is 9.98. The number of nitrogens with one attached hydrogen (secondary N) is 1. The number of rotatable bonds is 4. The number of carboxylic acids is 1. The average molecular weight is 285 g/mol. The number of likely N-dealkylation sites (N-methyl/N-ethyl adjacent to an activating group) is 1. The zero-order chi connectivity index (χ0) is 15.5. The van der Waals surface area contributed by atoms with Gasteiger partial charge in [-0.25, -0.2) is 4.79 Å². The van der Waals surface area contributed by atoms with Gasteiger partial charge in [-0.15, -0.1) is 0 Å². The minimum atomic E-state index is -0.953. The van der Waals surface area contributed by atoms with Gasteiger partial charge in [-0.3, -0.25) is 9.59 Å². The monoisotopic (exact) mass is 285 g/mol. The first-order valence-electron chi connectivity index (χ1n) is 6.75. The van der Waals surface area contributed by atoms with Crippen LogP contribution in [0.5, 0.6) is 0 Å². The molecule has 0 saturated carbocycles.